The number of hydrogen-bond donors (Lipinski definition) is 2. The molecule has 0 bridgehead atoms. The zero-order chi connectivity index (χ0) is 22.0. The standard InChI is InChI=1S/C25H23NO5/c1-30-16-8-6-7-15(13-16)23(26)22(24(27)28)25(29)31-14-21-19-11-4-2-9-17(19)18-10-3-5-12-20(18)21/h2-13,21-23H,14,26H2,1H3,(H,27,28)/t22-,23?/m1/s1. The van der Waals surface area contributed by atoms with E-state index in [0.717, 1.165) is 22.3 Å². The minimum atomic E-state index is -1.53. The summed E-state index contributed by atoms with van der Waals surface area (Å²) in [5, 5.41) is 9.70. The summed E-state index contributed by atoms with van der Waals surface area (Å²) in [6.45, 7) is 0.0431. The van der Waals surface area contributed by atoms with E-state index in [0.29, 0.717) is 11.3 Å². The van der Waals surface area contributed by atoms with Crippen molar-refractivity contribution in [2.75, 3.05) is 13.7 Å². The number of nitrogens with two attached hydrogens (primary N) is 1. The van der Waals surface area contributed by atoms with Gasteiger partial charge in [-0.25, -0.2) is 0 Å². The van der Waals surface area contributed by atoms with Gasteiger partial charge in [-0.2, -0.15) is 0 Å². The molecule has 1 aliphatic rings. The Labute approximate surface area is 180 Å². The Balaban J connectivity index is 1.55. The SMILES string of the molecule is COc1cccc(C(N)[C@H](C(=O)O)C(=O)OCC2c3ccccc3-c3ccccc32)c1. The highest BCUT2D eigenvalue weighted by molar-refractivity contribution is 5.95. The molecule has 2 atom stereocenters. The summed E-state index contributed by atoms with van der Waals surface area (Å²) < 4.78 is 10.7. The molecule has 0 fully saturated rings. The van der Waals surface area contributed by atoms with Crippen LogP contribution in [0.3, 0.4) is 0 Å². The van der Waals surface area contributed by atoms with Crippen molar-refractivity contribution in [1.29, 1.82) is 0 Å². The van der Waals surface area contributed by atoms with Crippen molar-refractivity contribution in [3.63, 3.8) is 0 Å². The van der Waals surface area contributed by atoms with Crippen molar-refractivity contribution in [2.24, 2.45) is 11.7 Å². The minimum Gasteiger partial charge on any atom is -0.497 e. The normalized spacial score (nSPS) is 14.3. The van der Waals surface area contributed by atoms with Crippen LogP contribution in [-0.2, 0) is 14.3 Å². The molecule has 3 aromatic rings. The predicted molar refractivity (Wildman–Crippen MR) is 116 cm³/mol. The maximum absolute atomic E-state index is 12.8. The summed E-state index contributed by atoms with van der Waals surface area (Å²) >= 11 is 0. The first kappa shape index (κ1) is 20.6. The third-order valence-electron chi connectivity index (χ3n) is 5.71. The number of rotatable bonds is 7. The van der Waals surface area contributed by atoms with Gasteiger partial charge < -0.3 is 20.3 Å². The van der Waals surface area contributed by atoms with E-state index in [1.165, 1.54) is 7.11 Å². The maximum atomic E-state index is 12.8. The minimum absolute atomic E-state index is 0.0431. The van der Waals surface area contributed by atoms with E-state index in [-0.39, 0.29) is 12.5 Å². The molecule has 31 heavy (non-hydrogen) atoms. The largest absolute Gasteiger partial charge is 0.497 e. The van der Waals surface area contributed by atoms with Crippen LogP contribution in [0.25, 0.3) is 11.1 Å². The van der Waals surface area contributed by atoms with Crippen molar-refractivity contribution in [1.82, 2.24) is 0 Å². The predicted octanol–water partition coefficient (Wildman–Crippen LogP) is 3.75. The molecule has 6 nitrogen and oxygen atoms in total. The molecule has 6 heteroatoms. The van der Waals surface area contributed by atoms with Gasteiger partial charge in [0.05, 0.1) is 13.2 Å². The summed E-state index contributed by atoms with van der Waals surface area (Å²) in [5.41, 5.74) is 11.0. The number of fused-ring (bicyclic) bond motifs is 3. The fourth-order valence-corrected chi connectivity index (χ4v) is 4.14. The Morgan fingerprint density at radius 2 is 1.58 bits per heavy atom. The summed E-state index contributed by atoms with van der Waals surface area (Å²) in [4.78, 5) is 24.7. The molecule has 0 amide bonds. The third kappa shape index (κ3) is 3.90. The number of hydrogen-bond acceptors (Lipinski definition) is 5. The van der Waals surface area contributed by atoms with Gasteiger partial charge in [0, 0.05) is 5.92 Å². The molecular formula is C25H23NO5. The molecule has 0 heterocycles. The van der Waals surface area contributed by atoms with E-state index < -0.39 is 23.9 Å². The van der Waals surface area contributed by atoms with Crippen LogP contribution >= 0.6 is 0 Å². The van der Waals surface area contributed by atoms with Crippen molar-refractivity contribution in [3.05, 3.63) is 89.5 Å². The van der Waals surface area contributed by atoms with Crippen LogP contribution in [0.2, 0.25) is 0 Å². The average Bonchev–Trinajstić information content (AvgIpc) is 3.11. The van der Waals surface area contributed by atoms with E-state index in [2.05, 4.69) is 0 Å². The van der Waals surface area contributed by atoms with Crippen LogP contribution in [0.5, 0.6) is 5.75 Å². The van der Waals surface area contributed by atoms with Crippen LogP contribution in [-0.4, -0.2) is 30.8 Å². The summed E-state index contributed by atoms with van der Waals surface area (Å²) in [7, 11) is 1.50. The van der Waals surface area contributed by atoms with Gasteiger partial charge in [0.15, 0.2) is 5.92 Å². The first-order valence-electron chi connectivity index (χ1n) is 9.98. The van der Waals surface area contributed by atoms with Crippen LogP contribution in [0.1, 0.15) is 28.7 Å². The van der Waals surface area contributed by atoms with Gasteiger partial charge in [-0.15, -0.1) is 0 Å². The Morgan fingerprint density at radius 3 is 2.16 bits per heavy atom. The second-order valence-corrected chi connectivity index (χ2v) is 7.48. The van der Waals surface area contributed by atoms with Crippen LogP contribution in [0.15, 0.2) is 72.8 Å². The van der Waals surface area contributed by atoms with E-state index in [4.69, 9.17) is 15.2 Å². The van der Waals surface area contributed by atoms with Gasteiger partial charge in [0.25, 0.3) is 0 Å². The van der Waals surface area contributed by atoms with Crippen LogP contribution < -0.4 is 10.5 Å². The number of carboxylic acids is 1. The van der Waals surface area contributed by atoms with Crippen LogP contribution in [0, 0.1) is 5.92 Å². The Hall–Kier alpha value is -3.64. The number of carbonyl (C=O) groups is 2. The lowest BCUT2D eigenvalue weighted by molar-refractivity contribution is -0.160. The summed E-state index contributed by atoms with van der Waals surface area (Å²) in [6.07, 6.45) is 0. The fraction of sp³-hybridized carbons (Fsp3) is 0.200. The number of ether oxygens (including phenoxy) is 2. The highest BCUT2D eigenvalue weighted by Crippen LogP contribution is 2.44. The van der Waals surface area contributed by atoms with Crippen molar-refractivity contribution in [2.45, 2.75) is 12.0 Å². The molecule has 0 aromatic heterocycles. The maximum Gasteiger partial charge on any atom is 0.322 e. The number of benzene rings is 3. The second-order valence-electron chi connectivity index (χ2n) is 7.48. The van der Waals surface area contributed by atoms with Crippen molar-refractivity contribution >= 4 is 11.9 Å². The van der Waals surface area contributed by atoms with E-state index >= 15 is 0 Å². The highest BCUT2D eigenvalue weighted by atomic mass is 16.5. The fourth-order valence-electron chi connectivity index (χ4n) is 4.14. The van der Waals surface area contributed by atoms with Crippen LogP contribution in [0.4, 0.5) is 0 Å². The van der Waals surface area contributed by atoms with Gasteiger partial charge in [-0.05, 0) is 39.9 Å². The average molecular weight is 417 g/mol. The Morgan fingerprint density at radius 1 is 0.968 bits per heavy atom. The number of carboxylic acid groups (broad SMARTS) is 1. The van der Waals surface area contributed by atoms with E-state index in [9.17, 15) is 14.7 Å². The summed E-state index contributed by atoms with van der Waals surface area (Å²) in [6, 6.07) is 21.6. The number of esters is 1. The molecule has 0 saturated carbocycles. The Kier molecular flexibility index (Phi) is 5.73. The van der Waals surface area contributed by atoms with Gasteiger partial charge in [0.1, 0.15) is 12.4 Å². The first-order chi connectivity index (χ1) is 15.0. The molecule has 158 valence electrons. The first-order valence-corrected chi connectivity index (χ1v) is 9.98. The van der Waals surface area contributed by atoms with Gasteiger partial charge in [0.2, 0.25) is 0 Å². The lowest BCUT2D eigenvalue weighted by Gasteiger charge is -2.21. The lowest BCUT2D eigenvalue weighted by atomic mass is 9.93. The number of aliphatic carboxylic acids is 1. The number of methoxy groups -OCH3 is 1. The molecule has 1 aliphatic carbocycles. The quantitative estimate of drug-likeness (QED) is 0.449. The van der Waals surface area contributed by atoms with E-state index in [1.807, 2.05) is 48.5 Å². The smallest absolute Gasteiger partial charge is 0.322 e. The van der Waals surface area contributed by atoms with Gasteiger partial charge in [-0.1, -0.05) is 60.7 Å². The zero-order valence-electron chi connectivity index (χ0n) is 17.0. The molecule has 0 radical (unpaired) electrons. The third-order valence-corrected chi connectivity index (χ3v) is 5.71. The monoisotopic (exact) mass is 417 g/mol. The lowest BCUT2D eigenvalue weighted by Crippen LogP contribution is -2.36. The summed E-state index contributed by atoms with van der Waals surface area (Å²) in [5.74, 6) is -3.33. The topological polar surface area (TPSA) is 98.9 Å². The molecular weight excluding hydrogens is 394 g/mol. The van der Waals surface area contributed by atoms with E-state index in [1.54, 1.807) is 24.3 Å². The van der Waals surface area contributed by atoms with Crippen molar-refractivity contribution < 1.29 is 24.2 Å². The number of carbonyl (C=O) groups excluding carboxylic acids is 1. The second kappa shape index (κ2) is 8.62. The molecule has 1 unspecified atom stereocenters. The Bertz CT molecular complexity index is 1080. The highest BCUT2D eigenvalue weighted by Gasteiger charge is 2.37. The molecule has 3 N–H and O–H groups in total. The molecule has 0 saturated heterocycles. The van der Waals surface area contributed by atoms with Gasteiger partial charge >= 0.3 is 11.9 Å². The molecule has 0 spiro atoms. The van der Waals surface area contributed by atoms with Crippen molar-refractivity contribution in [3.8, 4) is 16.9 Å². The molecule has 0 aliphatic heterocycles. The molecule has 3 aromatic carbocycles. The van der Waals surface area contributed by atoms with Gasteiger partial charge in [-0.3, -0.25) is 9.59 Å². The zero-order valence-corrected chi connectivity index (χ0v) is 17.0. The molecule has 4 rings (SSSR count).